The Bertz CT molecular complexity index is 1510. The van der Waals surface area contributed by atoms with E-state index in [4.69, 9.17) is 14.2 Å². The van der Waals surface area contributed by atoms with Crippen LogP contribution in [-0.4, -0.2) is 44.2 Å². The number of benzene rings is 1. The Hall–Kier alpha value is -4.60. The number of anilines is 1. The van der Waals surface area contributed by atoms with Gasteiger partial charge < -0.3 is 30.2 Å². The number of methoxy groups -OCH3 is 3. The molecule has 2 amide bonds. The first-order chi connectivity index (χ1) is 20.2. The van der Waals surface area contributed by atoms with Crippen LogP contribution in [0.5, 0.6) is 17.2 Å². The second kappa shape index (κ2) is 13.4. The monoisotopic (exact) mass is 574 g/mol. The zero-order valence-corrected chi connectivity index (χ0v) is 24.9. The third-order valence-corrected chi connectivity index (χ3v) is 7.37. The summed E-state index contributed by atoms with van der Waals surface area (Å²) in [7, 11) is 4.66. The van der Waals surface area contributed by atoms with Crippen molar-refractivity contribution in [3.05, 3.63) is 75.7 Å². The predicted octanol–water partition coefficient (Wildman–Crippen LogP) is 4.01. The molecule has 3 aromatic rings. The van der Waals surface area contributed by atoms with Crippen molar-refractivity contribution in [2.75, 3.05) is 26.6 Å². The molecule has 42 heavy (non-hydrogen) atoms. The molecule has 2 aromatic carbocycles. The van der Waals surface area contributed by atoms with Gasteiger partial charge in [-0.1, -0.05) is 26.0 Å². The summed E-state index contributed by atoms with van der Waals surface area (Å²) in [5.74, 6) is 0.866. The molecule has 0 bridgehead atoms. The van der Waals surface area contributed by atoms with Crippen LogP contribution in [0.4, 0.5) is 5.69 Å². The Kier molecular flexibility index (Phi) is 9.67. The molecule has 0 saturated carbocycles. The molecule has 3 N–H and O–H groups in total. The average Bonchev–Trinajstić information content (AvgIpc) is 3.22. The molecule has 222 valence electrons. The number of hydrogen-bond donors (Lipinski definition) is 3. The van der Waals surface area contributed by atoms with Crippen LogP contribution in [0.1, 0.15) is 49.9 Å². The van der Waals surface area contributed by atoms with Crippen molar-refractivity contribution in [3.8, 4) is 28.4 Å². The minimum Gasteiger partial charge on any atom is -0.493 e. The summed E-state index contributed by atoms with van der Waals surface area (Å²) in [5, 5.41) is 9.13. The molecule has 0 aliphatic heterocycles. The Morgan fingerprint density at radius 3 is 2.43 bits per heavy atom. The number of carbonyl (C=O) groups is 2. The zero-order chi connectivity index (χ0) is 30.4. The van der Waals surface area contributed by atoms with Crippen LogP contribution in [0.2, 0.25) is 0 Å². The van der Waals surface area contributed by atoms with Gasteiger partial charge in [0, 0.05) is 31.4 Å². The van der Waals surface area contributed by atoms with Crippen molar-refractivity contribution < 1.29 is 23.8 Å². The maximum Gasteiger partial charge on any atom is 0.243 e. The van der Waals surface area contributed by atoms with Crippen LogP contribution >= 0.6 is 0 Å². The number of carbonyl (C=O) groups excluding carboxylic acids is 2. The van der Waals surface area contributed by atoms with Crippen molar-refractivity contribution in [2.24, 2.45) is 5.92 Å². The second-order valence-electron chi connectivity index (χ2n) is 10.5. The first kappa shape index (κ1) is 30.4. The number of fused-ring (bicyclic) bond motifs is 3. The number of nitrogens with one attached hydrogen (secondary N) is 3. The standard InChI is InChI=1S/C32H38N4O6/c1-18(2)29(32(39)34-17-20-8-7-13-33-16-20)36-25-12-10-22-23(15-26(25)38)24(35-19(3)37)11-9-21-14-27(40-4)30(41-5)31(42-6)28(21)22/h7-8,10,12-16,18,24,29H,9,11,17H2,1-6H3,(H,34,39)(H,35,37)(H,36,38)/t24-,29+/m0/s1. The fourth-order valence-corrected chi connectivity index (χ4v) is 5.33. The molecular weight excluding hydrogens is 536 g/mol. The van der Waals surface area contributed by atoms with Crippen molar-refractivity contribution in [2.45, 2.75) is 52.2 Å². The number of ether oxygens (including phenoxy) is 3. The third-order valence-electron chi connectivity index (χ3n) is 7.37. The minimum atomic E-state index is -0.672. The zero-order valence-electron chi connectivity index (χ0n) is 24.9. The molecule has 0 unspecified atom stereocenters. The number of nitrogens with zero attached hydrogens (tertiary/aromatic N) is 1. The van der Waals surface area contributed by atoms with Gasteiger partial charge in [0.05, 0.1) is 33.1 Å². The highest BCUT2D eigenvalue weighted by atomic mass is 16.5. The van der Waals surface area contributed by atoms with Crippen molar-refractivity contribution >= 4 is 17.5 Å². The van der Waals surface area contributed by atoms with Gasteiger partial charge in [-0.15, -0.1) is 0 Å². The third kappa shape index (κ3) is 6.48. The summed E-state index contributed by atoms with van der Waals surface area (Å²) in [4.78, 5) is 43.2. The van der Waals surface area contributed by atoms with Gasteiger partial charge in [0.15, 0.2) is 11.5 Å². The smallest absolute Gasteiger partial charge is 0.243 e. The molecule has 0 saturated heterocycles. The summed E-state index contributed by atoms with van der Waals surface area (Å²) >= 11 is 0. The second-order valence-corrected chi connectivity index (χ2v) is 10.5. The van der Waals surface area contributed by atoms with Gasteiger partial charge in [-0.25, -0.2) is 0 Å². The number of amides is 2. The van der Waals surface area contributed by atoms with Gasteiger partial charge in [0.2, 0.25) is 23.0 Å². The Morgan fingerprint density at radius 1 is 1.05 bits per heavy atom. The van der Waals surface area contributed by atoms with Gasteiger partial charge in [0.25, 0.3) is 0 Å². The number of rotatable bonds is 10. The number of aromatic nitrogens is 1. The van der Waals surface area contributed by atoms with E-state index in [-0.39, 0.29) is 28.8 Å². The predicted molar refractivity (Wildman–Crippen MR) is 161 cm³/mol. The summed E-state index contributed by atoms with van der Waals surface area (Å²) in [5.41, 5.74) is 3.88. The average molecular weight is 575 g/mol. The molecule has 1 aliphatic carbocycles. The van der Waals surface area contributed by atoms with Gasteiger partial charge >= 0.3 is 0 Å². The lowest BCUT2D eigenvalue weighted by Crippen LogP contribution is -2.43. The lowest BCUT2D eigenvalue weighted by Gasteiger charge is -2.22. The van der Waals surface area contributed by atoms with Crippen molar-refractivity contribution in [1.82, 2.24) is 15.6 Å². The summed E-state index contributed by atoms with van der Waals surface area (Å²) in [6, 6.07) is 9.55. The summed E-state index contributed by atoms with van der Waals surface area (Å²) < 4.78 is 17.1. The van der Waals surface area contributed by atoms with E-state index >= 15 is 0 Å². The molecule has 10 heteroatoms. The number of aryl methyl sites for hydroxylation is 1. The molecule has 1 heterocycles. The highest BCUT2D eigenvalue weighted by Crippen LogP contribution is 2.50. The molecule has 0 radical (unpaired) electrons. The van der Waals surface area contributed by atoms with Crippen LogP contribution in [0.15, 0.2) is 53.6 Å². The van der Waals surface area contributed by atoms with E-state index < -0.39 is 12.1 Å². The van der Waals surface area contributed by atoms with Gasteiger partial charge in [-0.3, -0.25) is 19.4 Å². The van der Waals surface area contributed by atoms with Crippen LogP contribution in [0.3, 0.4) is 0 Å². The first-order valence-corrected chi connectivity index (χ1v) is 13.9. The normalized spacial score (nSPS) is 14.5. The molecule has 0 spiro atoms. The summed E-state index contributed by atoms with van der Waals surface area (Å²) in [6.07, 6.45) is 4.52. The van der Waals surface area contributed by atoms with Crippen molar-refractivity contribution in [1.29, 1.82) is 0 Å². The molecule has 2 atom stereocenters. The number of pyridine rings is 1. The fraction of sp³-hybridized carbons (Fsp3) is 0.375. The molecular formula is C32H38N4O6. The van der Waals surface area contributed by atoms with E-state index in [1.807, 2.05) is 38.1 Å². The van der Waals surface area contributed by atoms with Crippen LogP contribution < -0.4 is 35.6 Å². The van der Waals surface area contributed by atoms with Crippen LogP contribution in [0, 0.1) is 5.92 Å². The highest BCUT2D eigenvalue weighted by molar-refractivity contribution is 5.86. The lowest BCUT2D eigenvalue weighted by atomic mass is 9.95. The minimum absolute atomic E-state index is 0.119. The number of hydrogen-bond acceptors (Lipinski definition) is 8. The molecule has 10 nitrogen and oxygen atoms in total. The van der Waals surface area contributed by atoms with E-state index in [0.717, 1.165) is 16.7 Å². The SMILES string of the molecule is COc1cc2c(c(OC)c1OC)-c1ccc(N[C@@H](C(=O)NCc3cccnc3)C(C)C)c(=O)cc1[C@@H](NC(C)=O)CC2. The lowest BCUT2D eigenvalue weighted by molar-refractivity contribution is -0.123. The molecule has 1 aliphatic rings. The molecule has 1 aromatic heterocycles. The largest absolute Gasteiger partial charge is 0.493 e. The quantitative estimate of drug-likeness (QED) is 0.332. The van der Waals surface area contributed by atoms with Gasteiger partial charge in [-0.05, 0) is 65.3 Å². The van der Waals surface area contributed by atoms with E-state index in [9.17, 15) is 14.4 Å². The van der Waals surface area contributed by atoms with Gasteiger partial charge in [0.1, 0.15) is 6.04 Å². The van der Waals surface area contributed by atoms with Crippen LogP contribution in [-0.2, 0) is 22.6 Å². The van der Waals surface area contributed by atoms with E-state index in [1.54, 1.807) is 39.8 Å². The highest BCUT2D eigenvalue weighted by Gasteiger charge is 2.30. The first-order valence-electron chi connectivity index (χ1n) is 13.9. The van der Waals surface area contributed by atoms with E-state index in [0.29, 0.717) is 47.8 Å². The van der Waals surface area contributed by atoms with Crippen LogP contribution in [0.25, 0.3) is 11.1 Å². The van der Waals surface area contributed by atoms with Gasteiger partial charge in [-0.2, -0.15) is 0 Å². The topological polar surface area (TPSA) is 128 Å². The molecule has 0 fully saturated rings. The van der Waals surface area contributed by atoms with E-state index in [2.05, 4.69) is 20.9 Å². The van der Waals surface area contributed by atoms with Crippen molar-refractivity contribution in [3.63, 3.8) is 0 Å². The Morgan fingerprint density at radius 2 is 1.81 bits per heavy atom. The van der Waals surface area contributed by atoms with E-state index in [1.165, 1.54) is 13.0 Å². The summed E-state index contributed by atoms with van der Waals surface area (Å²) in [6.45, 7) is 5.60. The maximum atomic E-state index is 13.7. The molecule has 4 rings (SSSR count). The Balaban J connectivity index is 1.81. The Labute approximate surface area is 245 Å². The maximum absolute atomic E-state index is 13.7. The fourth-order valence-electron chi connectivity index (χ4n) is 5.33.